The van der Waals surface area contributed by atoms with Crippen molar-refractivity contribution in [2.45, 2.75) is 37.0 Å². The van der Waals surface area contributed by atoms with Gasteiger partial charge in [-0.2, -0.15) is 16.1 Å². The lowest BCUT2D eigenvalue weighted by molar-refractivity contribution is 0.415. The first-order valence-corrected chi connectivity index (χ1v) is 10.2. The van der Waals surface area contributed by atoms with Crippen LogP contribution in [0.3, 0.4) is 0 Å². The number of rotatable bonds is 5. The Hall–Kier alpha value is -0.0800. The zero-order valence-electron chi connectivity index (χ0n) is 12.2. The molecule has 2 heterocycles. The number of thioether (sulfide) groups is 1. The third kappa shape index (κ3) is 3.22. The van der Waals surface area contributed by atoms with Gasteiger partial charge in [-0.3, -0.25) is 0 Å². The second kappa shape index (κ2) is 6.79. The van der Waals surface area contributed by atoms with Gasteiger partial charge in [0.05, 0.1) is 0 Å². The van der Waals surface area contributed by atoms with Crippen molar-refractivity contribution in [3.8, 4) is 0 Å². The van der Waals surface area contributed by atoms with Crippen LogP contribution in [-0.4, -0.2) is 43.9 Å². The van der Waals surface area contributed by atoms with Crippen LogP contribution in [0, 0.1) is 6.92 Å². The smallest absolute Gasteiger partial charge is 0.244 e. The topological polar surface area (TPSA) is 49.4 Å². The van der Waals surface area contributed by atoms with E-state index in [1.165, 1.54) is 11.3 Å². The lowest BCUT2D eigenvalue weighted by Crippen LogP contribution is -2.42. The third-order valence-electron chi connectivity index (χ3n) is 3.48. The van der Waals surface area contributed by atoms with Crippen LogP contribution in [0.15, 0.2) is 10.3 Å². The molecule has 2 rings (SSSR count). The number of aryl methyl sites for hydroxylation is 1. The van der Waals surface area contributed by atoms with E-state index in [-0.39, 0.29) is 0 Å². The van der Waals surface area contributed by atoms with Gasteiger partial charge in [-0.15, -0.1) is 11.3 Å². The fourth-order valence-corrected chi connectivity index (χ4v) is 7.05. The molecule has 7 heteroatoms. The molecule has 4 nitrogen and oxygen atoms in total. The summed E-state index contributed by atoms with van der Waals surface area (Å²) in [5, 5.41) is 5.42. The van der Waals surface area contributed by atoms with Crippen LogP contribution >= 0.6 is 23.1 Å². The molecule has 0 spiro atoms. The summed E-state index contributed by atoms with van der Waals surface area (Å²) >= 11 is 3.41. The van der Waals surface area contributed by atoms with E-state index >= 15 is 0 Å². The van der Waals surface area contributed by atoms with E-state index in [9.17, 15) is 8.42 Å². The van der Waals surface area contributed by atoms with Crippen LogP contribution in [-0.2, 0) is 16.6 Å². The van der Waals surface area contributed by atoms with E-state index in [1.807, 2.05) is 31.1 Å². The van der Waals surface area contributed by atoms with Crippen molar-refractivity contribution >= 4 is 33.1 Å². The maximum absolute atomic E-state index is 12.9. The first kappa shape index (κ1) is 16.3. The third-order valence-corrected chi connectivity index (χ3v) is 8.18. The molecular formula is C13H22N2O2S3. The minimum atomic E-state index is -3.35. The van der Waals surface area contributed by atoms with Crippen molar-refractivity contribution in [2.75, 3.05) is 25.9 Å². The highest BCUT2D eigenvalue weighted by Gasteiger charge is 2.33. The molecule has 1 fully saturated rings. The van der Waals surface area contributed by atoms with Gasteiger partial charge in [0.2, 0.25) is 10.0 Å². The van der Waals surface area contributed by atoms with Crippen LogP contribution in [0.4, 0.5) is 0 Å². The summed E-state index contributed by atoms with van der Waals surface area (Å²) in [6, 6.07) is 0. The number of hydrogen-bond acceptors (Lipinski definition) is 5. The lowest BCUT2D eigenvalue weighted by Gasteiger charge is -2.31. The summed E-state index contributed by atoms with van der Waals surface area (Å²) < 4.78 is 27.5. The van der Waals surface area contributed by atoms with E-state index in [0.717, 1.165) is 22.6 Å². The van der Waals surface area contributed by atoms with Gasteiger partial charge in [-0.05, 0) is 31.3 Å². The monoisotopic (exact) mass is 334 g/mol. The van der Waals surface area contributed by atoms with E-state index in [4.69, 9.17) is 0 Å². The van der Waals surface area contributed by atoms with Gasteiger partial charge in [0.15, 0.2) is 0 Å². The van der Waals surface area contributed by atoms with Gasteiger partial charge in [0.1, 0.15) is 4.90 Å². The number of nitrogens with zero attached hydrogens (tertiary/aromatic N) is 1. The summed E-state index contributed by atoms with van der Waals surface area (Å²) in [5.74, 6) is 0.891. The highest BCUT2D eigenvalue weighted by Crippen LogP contribution is 2.32. The molecule has 1 aromatic heterocycles. The Bertz CT molecular complexity index is 554. The van der Waals surface area contributed by atoms with Crippen molar-refractivity contribution < 1.29 is 8.42 Å². The number of nitrogens with one attached hydrogen (secondary N) is 1. The maximum atomic E-state index is 12.9. The van der Waals surface area contributed by atoms with Gasteiger partial charge < -0.3 is 5.32 Å². The molecule has 1 saturated heterocycles. The fraction of sp³-hybridized carbons (Fsp3) is 0.692. The van der Waals surface area contributed by atoms with Crippen LogP contribution < -0.4 is 5.32 Å². The van der Waals surface area contributed by atoms with E-state index in [1.54, 1.807) is 4.31 Å². The molecule has 20 heavy (non-hydrogen) atoms. The van der Waals surface area contributed by atoms with Crippen LogP contribution in [0.5, 0.6) is 0 Å². The van der Waals surface area contributed by atoms with Crippen molar-refractivity contribution in [3.05, 3.63) is 15.8 Å². The average molecular weight is 335 g/mol. The normalized spacial score (nSPS) is 21.2. The Balaban J connectivity index is 2.32. The first-order chi connectivity index (χ1) is 9.50. The predicted molar refractivity (Wildman–Crippen MR) is 87.1 cm³/mol. The number of thiophene rings is 1. The van der Waals surface area contributed by atoms with Crippen LogP contribution in [0.25, 0.3) is 0 Å². The molecule has 0 bridgehead atoms. The van der Waals surface area contributed by atoms with Crippen LogP contribution in [0.2, 0.25) is 0 Å². The minimum Gasteiger partial charge on any atom is -0.315 e. The van der Waals surface area contributed by atoms with Gasteiger partial charge >= 0.3 is 0 Å². The van der Waals surface area contributed by atoms with Crippen molar-refractivity contribution in [3.63, 3.8) is 0 Å². The molecule has 1 unspecified atom stereocenters. The van der Waals surface area contributed by atoms with Gasteiger partial charge in [0, 0.05) is 35.5 Å². The molecule has 0 aliphatic carbocycles. The largest absolute Gasteiger partial charge is 0.315 e. The Morgan fingerprint density at radius 1 is 1.50 bits per heavy atom. The fourth-order valence-electron chi connectivity index (χ4n) is 2.40. The Morgan fingerprint density at radius 2 is 2.25 bits per heavy atom. The molecule has 0 saturated carbocycles. The zero-order valence-corrected chi connectivity index (χ0v) is 14.6. The lowest BCUT2D eigenvalue weighted by atomic mass is 10.3. The molecule has 0 radical (unpaired) electrons. The second-order valence-corrected chi connectivity index (χ2v) is 9.21. The van der Waals surface area contributed by atoms with Gasteiger partial charge in [-0.1, -0.05) is 6.92 Å². The highest BCUT2D eigenvalue weighted by atomic mass is 32.2. The summed E-state index contributed by atoms with van der Waals surface area (Å²) in [6.45, 7) is 5.87. The van der Waals surface area contributed by atoms with Gasteiger partial charge in [-0.25, -0.2) is 8.42 Å². The quantitative estimate of drug-likeness (QED) is 0.897. The minimum absolute atomic E-state index is 0.421. The summed E-state index contributed by atoms with van der Waals surface area (Å²) in [6.07, 6.45) is 1.02. The van der Waals surface area contributed by atoms with Crippen molar-refractivity contribution in [1.82, 2.24) is 9.62 Å². The van der Waals surface area contributed by atoms with Crippen molar-refractivity contribution in [1.29, 1.82) is 0 Å². The molecule has 0 amide bonds. The Morgan fingerprint density at radius 3 is 2.90 bits per heavy atom. The standard InChI is InChI=1S/C13H22N2O2S3/c1-4-11-8-15(5-6-18-11)20(16,17)13-10(2)9-19-12(13)7-14-3/h9,11,14H,4-8H2,1-3H3. The molecule has 114 valence electrons. The summed E-state index contributed by atoms with van der Waals surface area (Å²) in [7, 11) is -1.51. The highest BCUT2D eigenvalue weighted by molar-refractivity contribution is 8.00. The maximum Gasteiger partial charge on any atom is 0.244 e. The molecule has 1 aliphatic heterocycles. The second-order valence-electron chi connectivity index (χ2n) is 4.97. The average Bonchev–Trinajstić information content (AvgIpc) is 2.81. The van der Waals surface area contributed by atoms with Crippen molar-refractivity contribution in [2.24, 2.45) is 0 Å². The predicted octanol–water partition coefficient (Wildman–Crippen LogP) is 2.29. The number of sulfonamides is 1. The van der Waals surface area contributed by atoms with E-state index in [0.29, 0.717) is 29.8 Å². The van der Waals surface area contributed by atoms with Gasteiger partial charge in [0.25, 0.3) is 0 Å². The Kier molecular flexibility index (Phi) is 5.53. The van der Waals surface area contributed by atoms with E-state index in [2.05, 4.69) is 12.2 Å². The molecule has 0 aromatic carbocycles. The molecule has 1 N–H and O–H groups in total. The van der Waals surface area contributed by atoms with Crippen LogP contribution in [0.1, 0.15) is 23.8 Å². The Labute approximate surface area is 130 Å². The molecular weight excluding hydrogens is 312 g/mol. The SMILES string of the molecule is CCC1CN(S(=O)(=O)c2c(C)csc2CNC)CCS1. The molecule has 1 aliphatic rings. The molecule has 1 aromatic rings. The summed E-state index contributed by atoms with van der Waals surface area (Å²) in [4.78, 5) is 1.44. The van der Waals surface area contributed by atoms with E-state index < -0.39 is 10.0 Å². The summed E-state index contributed by atoms with van der Waals surface area (Å²) in [5.41, 5.74) is 0.867. The first-order valence-electron chi connectivity index (χ1n) is 6.84. The number of hydrogen-bond donors (Lipinski definition) is 1. The zero-order chi connectivity index (χ0) is 14.8. The molecule has 1 atom stereocenters.